The predicted molar refractivity (Wildman–Crippen MR) is 60.0 cm³/mol. The zero-order valence-electron chi connectivity index (χ0n) is 7.07. The van der Waals surface area contributed by atoms with Crippen LogP contribution in [-0.2, 0) is 0 Å². The molecule has 2 rings (SSSR count). The van der Waals surface area contributed by atoms with E-state index in [1.54, 1.807) is 18.4 Å². The first-order valence-corrected chi connectivity index (χ1v) is 5.08. The molecule has 0 unspecified atom stereocenters. The lowest BCUT2D eigenvalue weighted by Crippen LogP contribution is -1.87. The largest absolute Gasteiger partial charge is 0.496 e. The number of nitrogens with two attached hydrogens (primary N) is 1. The minimum Gasteiger partial charge on any atom is -0.496 e. The van der Waals surface area contributed by atoms with Crippen LogP contribution in [0, 0.1) is 0 Å². The number of rotatable bonds is 1. The first-order chi connectivity index (χ1) is 6.22. The van der Waals surface area contributed by atoms with Crippen molar-refractivity contribution in [3.8, 4) is 5.75 Å². The summed E-state index contributed by atoms with van der Waals surface area (Å²) in [4.78, 5) is 0.895. The first kappa shape index (κ1) is 8.72. The van der Waals surface area contributed by atoms with Crippen LogP contribution in [0.25, 0.3) is 10.1 Å². The molecule has 1 aromatic heterocycles. The number of ether oxygens (including phenoxy) is 1. The smallest absolute Gasteiger partial charge is 0.130 e. The molecule has 0 amide bonds. The fraction of sp³-hybridized carbons (Fsp3) is 0.111. The molecule has 0 saturated heterocycles. The van der Waals surface area contributed by atoms with Gasteiger partial charge in [-0.1, -0.05) is 0 Å². The van der Waals surface area contributed by atoms with Crippen molar-refractivity contribution < 1.29 is 4.74 Å². The molecule has 1 heterocycles. The molecular weight excluding hydrogens is 202 g/mol. The second kappa shape index (κ2) is 3.12. The van der Waals surface area contributed by atoms with Crippen LogP contribution in [0.3, 0.4) is 0 Å². The van der Waals surface area contributed by atoms with Gasteiger partial charge in [0.2, 0.25) is 0 Å². The van der Waals surface area contributed by atoms with Crippen molar-refractivity contribution in [3.05, 3.63) is 17.5 Å². The van der Waals surface area contributed by atoms with Gasteiger partial charge in [-0.3, -0.25) is 0 Å². The van der Waals surface area contributed by atoms with E-state index in [1.165, 1.54) is 0 Å². The number of hydrogen-bond donors (Lipinski definition) is 2. The Morgan fingerprint density at radius 2 is 2.23 bits per heavy atom. The number of benzene rings is 1. The zero-order valence-corrected chi connectivity index (χ0v) is 8.78. The maximum atomic E-state index is 5.81. The van der Waals surface area contributed by atoms with Crippen molar-refractivity contribution in [2.24, 2.45) is 0 Å². The highest BCUT2D eigenvalue weighted by atomic mass is 32.1. The topological polar surface area (TPSA) is 35.2 Å². The van der Waals surface area contributed by atoms with Crippen LogP contribution < -0.4 is 10.5 Å². The van der Waals surface area contributed by atoms with Gasteiger partial charge >= 0.3 is 0 Å². The second-order valence-electron chi connectivity index (χ2n) is 2.71. The van der Waals surface area contributed by atoms with Crippen LogP contribution in [0.2, 0.25) is 0 Å². The minimum absolute atomic E-state index is 0.769. The first-order valence-electron chi connectivity index (χ1n) is 3.76. The fourth-order valence-electron chi connectivity index (χ4n) is 1.30. The highest BCUT2D eigenvalue weighted by molar-refractivity contribution is 7.80. The van der Waals surface area contributed by atoms with Crippen LogP contribution >= 0.6 is 24.0 Å². The summed E-state index contributed by atoms with van der Waals surface area (Å²) < 4.78 is 6.34. The van der Waals surface area contributed by atoms with Gasteiger partial charge in [-0.2, -0.15) is 0 Å². The fourth-order valence-corrected chi connectivity index (χ4v) is 2.54. The molecule has 0 spiro atoms. The Hall–Kier alpha value is -0.870. The Balaban J connectivity index is 2.85. The van der Waals surface area contributed by atoms with Crippen molar-refractivity contribution in [1.82, 2.24) is 0 Å². The zero-order chi connectivity index (χ0) is 9.42. The average Bonchev–Trinajstić information content (AvgIpc) is 2.46. The molecule has 0 radical (unpaired) electrons. The molecule has 0 aliphatic carbocycles. The number of anilines is 1. The molecule has 2 aromatic rings. The van der Waals surface area contributed by atoms with Gasteiger partial charge in [-0.15, -0.1) is 24.0 Å². The number of methoxy groups -OCH3 is 1. The van der Waals surface area contributed by atoms with Gasteiger partial charge < -0.3 is 10.5 Å². The number of fused-ring (bicyclic) bond motifs is 1. The van der Waals surface area contributed by atoms with Crippen molar-refractivity contribution in [1.29, 1.82) is 0 Å². The van der Waals surface area contributed by atoms with Gasteiger partial charge in [0.25, 0.3) is 0 Å². The highest BCUT2D eigenvalue weighted by Crippen LogP contribution is 2.37. The third-order valence-electron chi connectivity index (χ3n) is 1.87. The summed E-state index contributed by atoms with van der Waals surface area (Å²) >= 11 is 5.88. The average molecular weight is 211 g/mol. The Morgan fingerprint density at radius 3 is 2.92 bits per heavy atom. The summed E-state index contributed by atoms with van der Waals surface area (Å²) in [5, 5.41) is 2.91. The summed E-state index contributed by atoms with van der Waals surface area (Å²) in [6.07, 6.45) is 0. The molecule has 68 valence electrons. The van der Waals surface area contributed by atoms with Crippen molar-refractivity contribution in [2.45, 2.75) is 4.90 Å². The lowest BCUT2D eigenvalue weighted by Gasteiger charge is -2.03. The van der Waals surface area contributed by atoms with Gasteiger partial charge in [0.15, 0.2) is 0 Å². The van der Waals surface area contributed by atoms with E-state index < -0.39 is 0 Å². The monoisotopic (exact) mass is 211 g/mol. The molecule has 4 heteroatoms. The molecule has 2 N–H and O–H groups in total. The highest BCUT2D eigenvalue weighted by Gasteiger charge is 2.07. The number of nitrogen functional groups attached to an aromatic ring is 1. The van der Waals surface area contributed by atoms with Crippen LogP contribution in [0.1, 0.15) is 0 Å². The Labute approximate surface area is 85.7 Å². The van der Waals surface area contributed by atoms with Crippen LogP contribution in [0.5, 0.6) is 5.75 Å². The number of thiol groups is 1. The van der Waals surface area contributed by atoms with E-state index in [0.29, 0.717) is 0 Å². The van der Waals surface area contributed by atoms with Crippen molar-refractivity contribution >= 4 is 39.7 Å². The minimum atomic E-state index is 0.769. The van der Waals surface area contributed by atoms with Gasteiger partial charge in [0.05, 0.1) is 18.2 Å². The molecule has 0 fully saturated rings. The van der Waals surface area contributed by atoms with Gasteiger partial charge in [-0.25, -0.2) is 0 Å². The van der Waals surface area contributed by atoms with Crippen LogP contribution in [0.4, 0.5) is 5.69 Å². The van der Waals surface area contributed by atoms with Crippen molar-refractivity contribution in [2.75, 3.05) is 12.8 Å². The van der Waals surface area contributed by atoms with Crippen LogP contribution in [-0.4, -0.2) is 7.11 Å². The quantitative estimate of drug-likeness (QED) is 0.711. The summed E-state index contributed by atoms with van der Waals surface area (Å²) in [6, 6.07) is 3.86. The second-order valence-corrected chi connectivity index (χ2v) is 4.14. The maximum absolute atomic E-state index is 5.81. The van der Waals surface area contributed by atoms with E-state index >= 15 is 0 Å². The van der Waals surface area contributed by atoms with E-state index in [1.807, 2.05) is 17.5 Å². The summed E-state index contributed by atoms with van der Waals surface area (Å²) in [5.41, 5.74) is 6.58. The number of thiophene rings is 1. The SMILES string of the molecule is COc1cc(S)cc2scc(N)c12. The van der Waals surface area contributed by atoms with E-state index in [9.17, 15) is 0 Å². The third kappa shape index (κ3) is 1.36. The summed E-state index contributed by atoms with van der Waals surface area (Å²) in [7, 11) is 1.64. The Bertz CT molecular complexity index is 450. The van der Waals surface area contributed by atoms with Gasteiger partial charge in [0.1, 0.15) is 5.75 Å². The van der Waals surface area contributed by atoms with Crippen molar-refractivity contribution in [3.63, 3.8) is 0 Å². The lowest BCUT2D eigenvalue weighted by atomic mass is 10.2. The molecule has 0 bridgehead atoms. The Morgan fingerprint density at radius 1 is 1.46 bits per heavy atom. The molecule has 13 heavy (non-hydrogen) atoms. The molecule has 0 aliphatic rings. The maximum Gasteiger partial charge on any atom is 0.130 e. The summed E-state index contributed by atoms with van der Waals surface area (Å²) in [6.45, 7) is 0. The van der Waals surface area contributed by atoms with E-state index in [2.05, 4.69) is 12.6 Å². The normalized spacial score (nSPS) is 10.6. The number of hydrogen-bond acceptors (Lipinski definition) is 4. The van der Waals surface area contributed by atoms with E-state index in [-0.39, 0.29) is 0 Å². The molecule has 0 saturated carbocycles. The van der Waals surface area contributed by atoms with Gasteiger partial charge in [0, 0.05) is 15.0 Å². The van der Waals surface area contributed by atoms with Gasteiger partial charge in [-0.05, 0) is 12.1 Å². The standard InChI is InChI=1S/C9H9NOS2/c1-11-7-2-5(12)3-8-9(7)6(10)4-13-8/h2-4,12H,10H2,1H3. The van der Waals surface area contributed by atoms with E-state index in [0.717, 1.165) is 26.4 Å². The lowest BCUT2D eigenvalue weighted by molar-refractivity contribution is 0.419. The third-order valence-corrected chi connectivity index (χ3v) is 3.08. The molecule has 0 atom stereocenters. The molecule has 2 nitrogen and oxygen atoms in total. The Kier molecular flexibility index (Phi) is 2.09. The molecule has 0 aliphatic heterocycles. The van der Waals surface area contributed by atoms with Crippen LogP contribution in [0.15, 0.2) is 22.4 Å². The molecule has 1 aromatic carbocycles. The molecular formula is C9H9NOS2. The summed E-state index contributed by atoms with van der Waals surface area (Å²) in [5.74, 6) is 0.793. The van der Waals surface area contributed by atoms with E-state index in [4.69, 9.17) is 10.5 Å². The predicted octanol–water partition coefficient (Wildman–Crippen LogP) is 2.78.